The molecule has 0 nitrogen and oxygen atoms in total. The first-order valence-corrected chi connectivity index (χ1v) is 33.2. The fourth-order valence-electron chi connectivity index (χ4n) is 4.06. The van der Waals surface area contributed by atoms with Crippen LogP contribution >= 0.6 is 0 Å². The van der Waals surface area contributed by atoms with Crippen molar-refractivity contribution in [3.05, 3.63) is 12.8 Å². The molecule has 0 heteroatoms. The SMILES string of the molecule is [C]#CC#CC#CC#CC#CC#CC#CC#CC#CC#CC#CC#CC#CC#CC#CC#CC#CC#CC#CC#CC#CC#CC#CC#CC#CC#CC#CC#CC#CC#CC#CC#CC#CC#CC#CC#CC#CC#CC#CC#CC#CC#CC#CC#CC#CC#CC#CC#CC#CC#CC#CC#CC#CC#CC#CC#CC#CC#CC#CC#CC#CC#CC#CC#CC#CC#CC#[C]. The van der Waals surface area contributed by atoms with Gasteiger partial charge in [0.1, 0.15) is 0 Å². The minimum atomic E-state index is 1.87. The van der Waals surface area contributed by atoms with E-state index < -0.39 is 0 Å². The molecule has 0 spiro atoms. The summed E-state index contributed by atoms with van der Waals surface area (Å²) in [7, 11) is 0. The first-order chi connectivity index (χ1) is 66.9. The van der Waals surface area contributed by atoms with Gasteiger partial charge in [-0.1, -0.05) is 0 Å². The van der Waals surface area contributed by atoms with E-state index in [0.29, 0.717) is 0 Å². The molecule has 0 saturated heterocycles. The molecule has 0 atom stereocenters. The second kappa shape index (κ2) is 104. The monoisotopic (exact) mass is 1610 g/mol. The summed E-state index contributed by atoms with van der Waals surface area (Å²) in [5, 5.41) is 0. The standard InChI is InChI=1S/C134/c1-3-5-7-9-11-13-15-17-19-21-23-25-27-29-31-33-35-37-39-41-43-45-47-49-51-53-55-57-59-61-63-65-67-69-71-73-75-77-79-81-83-85-87-89-91-93-95-97-99-101-103-105-107-109-111-113-115-117-119-121-123-125-127-129-131-133-134-132-130-128-126-124-122-120-118-116-114-112-110-108-106-104-102-100-98-96-94-92-90-88-86-84-82-80-78-76-74-72-70-68-66-64-62-60-58-56-54-52-50-48-46-44-42-40-38-36-34-32-30-28-26-24-22-20-18-16-14-12-10-8-6-4-2. The van der Waals surface area contributed by atoms with E-state index in [0.717, 1.165) is 0 Å². The molecule has 2 radical (unpaired) electrons. The highest BCUT2D eigenvalue weighted by Crippen LogP contribution is 1.71. The van der Waals surface area contributed by atoms with E-state index >= 15 is 0 Å². The lowest BCUT2D eigenvalue weighted by molar-refractivity contribution is 2.31. The van der Waals surface area contributed by atoms with Crippen molar-refractivity contribution in [1.82, 2.24) is 0 Å². The highest BCUT2D eigenvalue weighted by Gasteiger charge is 1.70. The molecule has 0 N–H and O–H groups in total. The maximum atomic E-state index is 6.59. The zero-order valence-electron chi connectivity index (χ0n) is 67.0. The molecule has 0 aromatic rings. The highest BCUT2D eigenvalue weighted by atomic mass is 13.7. The molecule has 0 unspecified atom stereocenters. The maximum absolute atomic E-state index is 6.59. The van der Waals surface area contributed by atoms with Crippen LogP contribution in [-0.4, -0.2) is 0 Å². The van der Waals surface area contributed by atoms with Gasteiger partial charge in [-0.3, -0.25) is 0 Å². The van der Waals surface area contributed by atoms with E-state index in [1.165, 1.54) is 0 Å². The van der Waals surface area contributed by atoms with Crippen LogP contribution in [0, 0.1) is 794 Å². The van der Waals surface area contributed by atoms with E-state index in [1.807, 2.05) is 11.8 Å². The lowest BCUT2D eigenvalue weighted by atomic mass is 10.4. The van der Waals surface area contributed by atoms with Crippen LogP contribution in [0.5, 0.6) is 0 Å². The van der Waals surface area contributed by atoms with Gasteiger partial charge in [-0.05, 0) is 0 Å². The Morgan fingerprint density at radius 1 is 0.0373 bits per heavy atom. The van der Waals surface area contributed by atoms with Gasteiger partial charge < -0.3 is 0 Å². The largest absolute Gasteiger partial charge is 0 e. The minimum Gasteiger partial charge on any atom is 0 e. The van der Waals surface area contributed by atoms with E-state index in [9.17, 15) is 0 Å². The van der Waals surface area contributed by atoms with Crippen molar-refractivity contribution in [3.8, 4) is 781 Å². The fourth-order valence-corrected chi connectivity index (χ4v) is 4.06. The molecule has 0 fully saturated rings. The molecule has 0 amide bonds. The first kappa shape index (κ1) is 105. The average Bonchev–Trinajstić information content (AvgIpc) is 1.13. The van der Waals surface area contributed by atoms with Crippen LogP contribution in [0.25, 0.3) is 0 Å². The van der Waals surface area contributed by atoms with Gasteiger partial charge in [-0.2, -0.15) is 0 Å². The smallest absolute Gasteiger partial charge is 0 e. The van der Waals surface area contributed by atoms with Gasteiger partial charge in [0.25, 0.3) is 0 Å². The molecule has 0 rings (SSSR count). The van der Waals surface area contributed by atoms with Crippen molar-refractivity contribution in [3.63, 3.8) is 0 Å². The molecule has 0 aromatic carbocycles. The Morgan fingerprint density at radius 2 is 0.0597 bits per heavy atom. The molecule has 0 aliphatic carbocycles. The van der Waals surface area contributed by atoms with Gasteiger partial charge in [0.15, 0.2) is 0 Å². The molecule has 0 aromatic heterocycles. The molecule has 0 heterocycles. The van der Waals surface area contributed by atoms with E-state index in [4.69, 9.17) is 12.8 Å². The lowest BCUT2D eigenvalue weighted by Gasteiger charge is -1.58. The highest BCUT2D eigenvalue weighted by molar-refractivity contribution is 5.59. The minimum absolute atomic E-state index is 1.87. The Bertz CT molecular complexity index is 8890. The van der Waals surface area contributed by atoms with Gasteiger partial charge >= 0.3 is 0 Å². The van der Waals surface area contributed by atoms with Gasteiger partial charge in [0, 0.05) is 794 Å². The van der Waals surface area contributed by atoms with Crippen molar-refractivity contribution in [2.75, 3.05) is 0 Å². The molecule has 0 aliphatic heterocycles. The average molecular weight is 1610 g/mol. The van der Waals surface area contributed by atoms with Crippen molar-refractivity contribution in [2.45, 2.75) is 0 Å². The second-order valence-corrected chi connectivity index (χ2v) is 16.5. The lowest BCUT2D eigenvalue weighted by Crippen LogP contribution is -1.57. The predicted octanol–water partition coefficient (Wildman–Crippen LogP) is 0.387. The summed E-state index contributed by atoms with van der Waals surface area (Å²) in [6, 6.07) is 0. The molecule has 0 saturated carbocycles. The van der Waals surface area contributed by atoms with Gasteiger partial charge in [-0.15, -0.1) is 0 Å². The third kappa shape index (κ3) is 103. The van der Waals surface area contributed by atoms with Gasteiger partial charge in [0.05, 0.1) is 0 Å². The van der Waals surface area contributed by atoms with Crippen LogP contribution in [0.3, 0.4) is 0 Å². The van der Waals surface area contributed by atoms with Crippen LogP contribution in [0.1, 0.15) is 0 Å². The van der Waals surface area contributed by atoms with Crippen LogP contribution in [0.15, 0.2) is 0 Å². The molecule has 134 heavy (non-hydrogen) atoms. The third-order valence-corrected chi connectivity index (χ3v) is 8.19. The third-order valence-electron chi connectivity index (χ3n) is 8.19. The van der Waals surface area contributed by atoms with Gasteiger partial charge in [0.2, 0.25) is 0 Å². The Kier molecular flexibility index (Phi) is 80.7. The summed E-state index contributed by atoms with van der Waals surface area (Å²) in [4.78, 5) is 0. The Hall–Kier alpha value is -29.5. The Morgan fingerprint density at radius 3 is 0.0821 bits per heavy atom. The summed E-state index contributed by atoms with van der Waals surface area (Å²) < 4.78 is 0. The van der Waals surface area contributed by atoms with Crippen molar-refractivity contribution in [1.29, 1.82) is 0 Å². The van der Waals surface area contributed by atoms with Crippen LogP contribution in [0.2, 0.25) is 0 Å². The molecular formula is C134. The topological polar surface area (TPSA) is 0 Å². The van der Waals surface area contributed by atoms with E-state index in [2.05, 4.69) is 770 Å². The molecule has 0 aliphatic rings. The Balaban J connectivity index is 4.66. The van der Waals surface area contributed by atoms with Crippen LogP contribution < -0.4 is 0 Å². The zero-order valence-corrected chi connectivity index (χ0v) is 67.0. The van der Waals surface area contributed by atoms with Crippen LogP contribution in [0.4, 0.5) is 0 Å². The normalized spacial score (nSPS) is 3.96. The Labute approximate surface area is 788 Å². The molecule has 536 valence electrons. The van der Waals surface area contributed by atoms with E-state index in [-0.39, 0.29) is 0 Å². The van der Waals surface area contributed by atoms with Crippen molar-refractivity contribution >= 4 is 0 Å². The molecule has 0 bridgehead atoms. The fraction of sp³-hybridized carbons (Fsp3) is 0. The summed E-state index contributed by atoms with van der Waals surface area (Å²) in [6.07, 6.45) is 13.2. The maximum Gasteiger partial charge on any atom is 0 e. The number of hydrogen-bond acceptors (Lipinski definition) is 0. The van der Waals surface area contributed by atoms with Crippen molar-refractivity contribution < 1.29 is 0 Å². The first-order valence-electron chi connectivity index (χ1n) is 33.2. The van der Waals surface area contributed by atoms with Crippen LogP contribution in [-0.2, 0) is 0 Å². The van der Waals surface area contributed by atoms with E-state index in [1.54, 1.807) is 0 Å². The summed E-state index contributed by atoms with van der Waals surface area (Å²) >= 11 is 0. The summed E-state index contributed by atoms with van der Waals surface area (Å²) in [5.41, 5.74) is 0. The quantitative estimate of drug-likeness (QED) is 0.309. The molecular weight excluding hydrogens is 1610 g/mol. The predicted molar refractivity (Wildman–Crippen MR) is 520 cm³/mol. The second-order valence-electron chi connectivity index (χ2n) is 16.5. The number of hydrogen-bond donors (Lipinski definition) is 0. The van der Waals surface area contributed by atoms with Crippen molar-refractivity contribution in [2.24, 2.45) is 0 Å². The van der Waals surface area contributed by atoms with Gasteiger partial charge in [-0.25, -0.2) is 0 Å². The summed E-state index contributed by atoms with van der Waals surface area (Å²) in [5.74, 6) is 327. The number of rotatable bonds is 0. The zero-order chi connectivity index (χ0) is 95.3. The summed E-state index contributed by atoms with van der Waals surface area (Å²) in [6.45, 7) is 0.